The Kier molecular flexibility index (Phi) is 5.73. The van der Waals surface area contributed by atoms with E-state index >= 15 is 0 Å². The number of carboxylic acid groups (broad SMARTS) is 1. The fraction of sp³-hybridized carbons (Fsp3) is 0.261. The number of amides is 1. The quantitative estimate of drug-likeness (QED) is 0.634. The maximum Gasteiger partial charge on any atom is 0.327 e. The monoisotopic (exact) mass is 438 g/mol. The Morgan fingerprint density at radius 1 is 1.16 bits per heavy atom. The number of carbonyl (C=O) groups excluding carboxylic acids is 1. The summed E-state index contributed by atoms with van der Waals surface area (Å²) in [7, 11) is 1.56. The highest BCUT2D eigenvalue weighted by molar-refractivity contribution is 7.99. The Bertz CT molecular complexity index is 1110. The van der Waals surface area contributed by atoms with Gasteiger partial charge >= 0.3 is 5.97 Å². The molecule has 0 unspecified atom stereocenters. The van der Waals surface area contributed by atoms with Crippen molar-refractivity contribution in [2.24, 2.45) is 0 Å². The maximum atomic E-state index is 13.5. The van der Waals surface area contributed by atoms with Crippen molar-refractivity contribution in [1.82, 2.24) is 10.1 Å². The number of carboxylic acids is 1. The Labute approximate surface area is 184 Å². The van der Waals surface area contributed by atoms with Gasteiger partial charge < -0.3 is 19.3 Å². The van der Waals surface area contributed by atoms with Crippen LogP contribution in [0.2, 0.25) is 0 Å². The molecule has 8 heteroatoms. The molecule has 1 aromatic heterocycles. The van der Waals surface area contributed by atoms with Crippen molar-refractivity contribution in [2.45, 2.75) is 25.3 Å². The van der Waals surface area contributed by atoms with Crippen LogP contribution in [0.15, 0.2) is 53.1 Å². The summed E-state index contributed by atoms with van der Waals surface area (Å²) in [5, 5.41) is 13.3. The molecule has 1 amide bonds. The summed E-state index contributed by atoms with van der Waals surface area (Å²) in [6.45, 7) is 3.70. The number of para-hydroxylation sites is 1. The Balaban J connectivity index is 1.69. The minimum atomic E-state index is -1.02. The lowest BCUT2D eigenvalue weighted by Crippen LogP contribution is -2.43. The molecular weight excluding hydrogens is 416 g/mol. The van der Waals surface area contributed by atoms with E-state index in [4.69, 9.17) is 9.26 Å². The van der Waals surface area contributed by atoms with Crippen molar-refractivity contribution >= 4 is 23.6 Å². The predicted octanol–water partition coefficient (Wildman–Crippen LogP) is 4.31. The van der Waals surface area contributed by atoms with Crippen LogP contribution in [0.3, 0.4) is 0 Å². The van der Waals surface area contributed by atoms with E-state index in [0.29, 0.717) is 22.8 Å². The van der Waals surface area contributed by atoms with Gasteiger partial charge in [0, 0.05) is 22.4 Å². The van der Waals surface area contributed by atoms with Crippen LogP contribution in [0.5, 0.6) is 5.75 Å². The zero-order valence-electron chi connectivity index (χ0n) is 17.4. The molecule has 7 nitrogen and oxygen atoms in total. The van der Waals surface area contributed by atoms with Crippen LogP contribution >= 0.6 is 11.8 Å². The molecule has 1 aliphatic rings. The molecule has 0 saturated carbocycles. The Morgan fingerprint density at radius 2 is 1.87 bits per heavy atom. The first-order chi connectivity index (χ1) is 14.9. The average molecular weight is 439 g/mol. The van der Waals surface area contributed by atoms with Crippen molar-refractivity contribution in [3.63, 3.8) is 0 Å². The van der Waals surface area contributed by atoms with Gasteiger partial charge in [-0.25, -0.2) is 4.79 Å². The van der Waals surface area contributed by atoms with Gasteiger partial charge in [-0.2, -0.15) is 0 Å². The van der Waals surface area contributed by atoms with Crippen molar-refractivity contribution in [1.29, 1.82) is 0 Å². The lowest BCUT2D eigenvalue weighted by Gasteiger charge is -2.28. The topological polar surface area (TPSA) is 92.9 Å². The van der Waals surface area contributed by atoms with Gasteiger partial charge in [-0.05, 0) is 37.6 Å². The number of aryl methyl sites for hydroxylation is 2. The summed E-state index contributed by atoms with van der Waals surface area (Å²) < 4.78 is 10.7. The molecule has 2 aromatic carbocycles. The molecule has 31 heavy (non-hydrogen) atoms. The average Bonchev–Trinajstić information content (AvgIpc) is 3.37. The van der Waals surface area contributed by atoms with Crippen LogP contribution in [0.25, 0.3) is 11.1 Å². The summed E-state index contributed by atoms with van der Waals surface area (Å²) >= 11 is 1.42. The number of hydrogen-bond acceptors (Lipinski definition) is 6. The van der Waals surface area contributed by atoms with Gasteiger partial charge in [0.1, 0.15) is 22.9 Å². The largest absolute Gasteiger partial charge is 0.496 e. The highest BCUT2D eigenvalue weighted by Crippen LogP contribution is 2.45. The maximum absolute atomic E-state index is 13.5. The van der Waals surface area contributed by atoms with Gasteiger partial charge in [-0.15, -0.1) is 11.8 Å². The van der Waals surface area contributed by atoms with E-state index in [1.165, 1.54) is 16.7 Å². The molecule has 0 aliphatic carbocycles. The molecule has 0 spiro atoms. The van der Waals surface area contributed by atoms with Crippen LogP contribution in [0, 0.1) is 13.8 Å². The lowest BCUT2D eigenvalue weighted by molar-refractivity contribution is -0.141. The molecule has 1 N–H and O–H groups in total. The summed E-state index contributed by atoms with van der Waals surface area (Å²) in [6.07, 6.45) is 0. The van der Waals surface area contributed by atoms with E-state index in [2.05, 4.69) is 5.16 Å². The molecule has 4 rings (SSSR count). The molecule has 1 saturated heterocycles. The first-order valence-corrected chi connectivity index (χ1v) is 10.8. The third kappa shape index (κ3) is 3.79. The van der Waals surface area contributed by atoms with E-state index in [-0.39, 0.29) is 5.91 Å². The SMILES string of the molecule is COc1ccccc1[C@H]1SC[C@@H](C(=O)O)N1C(=O)c1ccc(-c2c(C)noc2C)cc1. The second-order valence-electron chi connectivity index (χ2n) is 7.27. The molecule has 3 aromatic rings. The molecule has 1 aliphatic heterocycles. The number of aromatic nitrogens is 1. The predicted molar refractivity (Wildman–Crippen MR) is 117 cm³/mol. The first kappa shape index (κ1) is 21.0. The number of benzene rings is 2. The van der Waals surface area contributed by atoms with Crippen molar-refractivity contribution < 1.29 is 24.0 Å². The number of aliphatic carboxylic acids is 1. The molecule has 160 valence electrons. The van der Waals surface area contributed by atoms with Crippen LogP contribution in [-0.4, -0.2) is 45.9 Å². The zero-order valence-corrected chi connectivity index (χ0v) is 18.2. The number of carbonyl (C=O) groups is 2. The van der Waals surface area contributed by atoms with Gasteiger partial charge in [0.25, 0.3) is 5.91 Å². The zero-order chi connectivity index (χ0) is 22.1. The third-order valence-corrected chi connectivity index (χ3v) is 6.68. The molecular formula is C23H22N2O5S. The van der Waals surface area contributed by atoms with Gasteiger partial charge in [0.2, 0.25) is 0 Å². The molecule has 0 radical (unpaired) electrons. The second-order valence-corrected chi connectivity index (χ2v) is 8.38. The van der Waals surface area contributed by atoms with Crippen LogP contribution in [-0.2, 0) is 4.79 Å². The highest BCUT2D eigenvalue weighted by Gasteiger charge is 2.43. The van der Waals surface area contributed by atoms with E-state index in [1.54, 1.807) is 19.2 Å². The number of ether oxygens (including phenoxy) is 1. The van der Waals surface area contributed by atoms with Gasteiger partial charge in [-0.3, -0.25) is 4.79 Å². The van der Waals surface area contributed by atoms with E-state index in [9.17, 15) is 14.7 Å². The Hall–Kier alpha value is -3.26. The fourth-order valence-electron chi connectivity index (χ4n) is 3.88. The summed E-state index contributed by atoms with van der Waals surface area (Å²) in [5.41, 5.74) is 3.75. The molecule has 0 bridgehead atoms. The molecule has 2 atom stereocenters. The molecule has 2 heterocycles. The standard InChI is InChI=1S/C23H22N2O5S/c1-13-20(14(2)30-24-13)15-8-10-16(11-9-15)21(26)25-18(23(27)28)12-31-22(25)17-6-4-5-7-19(17)29-3/h4-11,18,22H,12H2,1-3H3,(H,27,28)/t18-,22+/m0/s1. The fourth-order valence-corrected chi connectivity index (χ4v) is 5.32. The van der Waals surface area contributed by atoms with Gasteiger partial charge in [-0.1, -0.05) is 35.5 Å². The lowest BCUT2D eigenvalue weighted by atomic mass is 10.0. The first-order valence-electron chi connectivity index (χ1n) is 9.75. The summed E-state index contributed by atoms with van der Waals surface area (Å²) in [6, 6.07) is 13.5. The number of methoxy groups -OCH3 is 1. The van der Waals surface area contributed by atoms with E-state index in [1.807, 2.05) is 50.2 Å². The van der Waals surface area contributed by atoms with Crippen molar-refractivity contribution in [2.75, 3.05) is 12.9 Å². The molecule has 1 fully saturated rings. The second kappa shape index (κ2) is 8.47. The number of nitrogens with zero attached hydrogens (tertiary/aromatic N) is 2. The summed E-state index contributed by atoms with van der Waals surface area (Å²) in [4.78, 5) is 26.8. The number of thioether (sulfide) groups is 1. The van der Waals surface area contributed by atoms with Crippen LogP contribution in [0.4, 0.5) is 0 Å². The van der Waals surface area contributed by atoms with Gasteiger partial charge in [0.05, 0.1) is 12.8 Å². The Morgan fingerprint density at radius 3 is 2.48 bits per heavy atom. The van der Waals surface area contributed by atoms with Crippen LogP contribution < -0.4 is 4.74 Å². The third-order valence-electron chi connectivity index (χ3n) is 5.38. The van der Waals surface area contributed by atoms with Gasteiger partial charge in [0.15, 0.2) is 0 Å². The summed E-state index contributed by atoms with van der Waals surface area (Å²) in [5.74, 6) is 0.275. The minimum Gasteiger partial charge on any atom is -0.496 e. The van der Waals surface area contributed by atoms with Crippen molar-refractivity contribution in [3.05, 3.63) is 71.1 Å². The normalized spacial score (nSPS) is 18.2. The highest BCUT2D eigenvalue weighted by atomic mass is 32.2. The van der Waals surface area contributed by atoms with E-state index in [0.717, 1.165) is 22.4 Å². The van der Waals surface area contributed by atoms with Crippen LogP contribution in [0.1, 0.15) is 32.7 Å². The minimum absolute atomic E-state index is 0.306. The van der Waals surface area contributed by atoms with E-state index < -0.39 is 17.4 Å². The smallest absolute Gasteiger partial charge is 0.327 e. The number of rotatable bonds is 5. The number of hydrogen-bond donors (Lipinski definition) is 1. The van der Waals surface area contributed by atoms with Crippen molar-refractivity contribution in [3.8, 4) is 16.9 Å².